The maximum absolute atomic E-state index is 11.9. The zero-order valence-electron chi connectivity index (χ0n) is 11.0. The summed E-state index contributed by atoms with van der Waals surface area (Å²) in [6.45, 7) is 0.199. The highest BCUT2D eigenvalue weighted by Crippen LogP contribution is 2.27. The van der Waals surface area contributed by atoms with Crippen LogP contribution < -0.4 is 5.73 Å². The summed E-state index contributed by atoms with van der Waals surface area (Å²) in [6.07, 6.45) is 0.697. The van der Waals surface area contributed by atoms with Gasteiger partial charge in [-0.15, -0.1) is 11.3 Å². The first kappa shape index (κ1) is 14.3. The van der Waals surface area contributed by atoms with Gasteiger partial charge in [-0.25, -0.2) is 4.79 Å². The van der Waals surface area contributed by atoms with E-state index in [0.717, 1.165) is 10.1 Å². The molecule has 5 nitrogen and oxygen atoms in total. The second kappa shape index (κ2) is 6.38. The molecule has 20 heavy (non-hydrogen) atoms. The number of benzene rings is 1. The first-order chi connectivity index (χ1) is 9.60. The Kier molecular flexibility index (Phi) is 4.57. The number of anilines is 1. The van der Waals surface area contributed by atoms with Gasteiger partial charge in [0.05, 0.1) is 13.7 Å². The molecule has 0 amide bonds. The fraction of sp³-hybridized carbons (Fsp3) is 0.286. The third-order valence-electron chi connectivity index (χ3n) is 2.73. The summed E-state index contributed by atoms with van der Waals surface area (Å²) in [4.78, 5) is 23.3. The van der Waals surface area contributed by atoms with E-state index in [1.165, 1.54) is 18.4 Å². The molecule has 0 unspecified atom stereocenters. The normalized spacial score (nSPS) is 10.4. The average molecular weight is 293 g/mol. The zero-order valence-corrected chi connectivity index (χ0v) is 11.9. The van der Waals surface area contributed by atoms with E-state index >= 15 is 0 Å². The second-order valence-electron chi connectivity index (χ2n) is 4.22. The first-order valence-corrected chi connectivity index (χ1v) is 6.95. The topological polar surface area (TPSA) is 78.6 Å². The van der Waals surface area contributed by atoms with Gasteiger partial charge in [-0.05, 0) is 36.1 Å². The highest BCUT2D eigenvalue weighted by atomic mass is 32.1. The molecule has 1 aromatic heterocycles. The molecule has 0 spiro atoms. The molecule has 2 rings (SSSR count). The molecule has 0 aliphatic carbocycles. The molecule has 0 atom stereocenters. The molecule has 0 bridgehead atoms. The van der Waals surface area contributed by atoms with E-state index < -0.39 is 0 Å². The molecule has 0 saturated heterocycles. The van der Waals surface area contributed by atoms with Gasteiger partial charge < -0.3 is 15.2 Å². The minimum absolute atomic E-state index is 0.199. The Bertz CT molecular complexity index is 635. The molecule has 0 aliphatic heterocycles. The number of esters is 2. The van der Waals surface area contributed by atoms with Crippen LogP contribution in [0.25, 0.3) is 10.1 Å². The number of carbonyl (C=O) groups excluding carboxylic acids is 2. The summed E-state index contributed by atoms with van der Waals surface area (Å²) in [5, 5.41) is 0.927. The van der Waals surface area contributed by atoms with Crippen LogP contribution in [-0.2, 0) is 14.3 Å². The zero-order chi connectivity index (χ0) is 14.5. The lowest BCUT2D eigenvalue weighted by atomic mass is 10.2. The van der Waals surface area contributed by atoms with Crippen LogP contribution >= 0.6 is 11.3 Å². The third kappa shape index (κ3) is 3.48. The van der Waals surface area contributed by atoms with Crippen LogP contribution in [0.15, 0.2) is 24.3 Å². The third-order valence-corrected chi connectivity index (χ3v) is 3.82. The molecular formula is C14H15NO4S. The summed E-state index contributed by atoms with van der Waals surface area (Å²) in [5.74, 6) is -0.687. The molecule has 0 fully saturated rings. The quantitative estimate of drug-likeness (QED) is 0.521. The Morgan fingerprint density at radius 3 is 2.85 bits per heavy atom. The van der Waals surface area contributed by atoms with Crippen molar-refractivity contribution >= 4 is 39.0 Å². The van der Waals surface area contributed by atoms with Crippen molar-refractivity contribution < 1.29 is 19.1 Å². The van der Waals surface area contributed by atoms with Gasteiger partial charge in [0, 0.05) is 16.8 Å². The van der Waals surface area contributed by atoms with E-state index in [1.54, 1.807) is 12.1 Å². The van der Waals surface area contributed by atoms with Crippen LogP contribution in [0.5, 0.6) is 0 Å². The maximum Gasteiger partial charge on any atom is 0.348 e. The lowest BCUT2D eigenvalue weighted by Gasteiger charge is -2.02. The Hall–Kier alpha value is -2.08. The van der Waals surface area contributed by atoms with E-state index in [0.29, 0.717) is 17.0 Å². The molecule has 0 radical (unpaired) electrons. The monoisotopic (exact) mass is 293 g/mol. The molecular weight excluding hydrogens is 278 g/mol. The number of rotatable bonds is 5. The van der Waals surface area contributed by atoms with Gasteiger partial charge in [0.2, 0.25) is 0 Å². The van der Waals surface area contributed by atoms with Crippen LogP contribution in [0.1, 0.15) is 22.5 Å². The van der Waals surface area contributed by atoms with Gasteiger partial charge >= 0.3 is 11.9 Å². The van der Waals surface area contributed by atoms with Gasteiger partial charge in [0.15, 0.2) is 0 Å². The van der Waals surface area contributed by atoms with E-state index in [2.05, 4.69) is 4.74 Å². The van der Waals surface area contributed by atoms with Crippen molar-refractivity contribution in [3.05, 3.63) is 29.1 Å². The predicted octanol–water partition coefficient (Wildman–Crippen LogP) is 2.59. The molecule has 1 aromatic carbocycles. The van der Waals surface area contributed by atoms with Crippen LogP contribution in [-0.4, -0.2) is 25.7 Å². The van der Waals surface area contributed by atoms with Gasteiger partial charge in [-0.1, -0.05) is 0 Å². The number of ether oxygens (including phenoxy) is 2. The largest absolute Gasteiger partial charge is 0.469 e. The van der Waals surface area contributed by atoms with Gasteiger partial charge in [-0.3, -0.25) is 4.79 Å². The summed E-state index contributed by atoms with van der Waals surface area (Å²) < 4.78 is 10.6. The van der Waals surface area contributed by atoms with Crippen molar-refractivity contribution in [2.24, 2.45) is 0 Å². The summed E-state index contributed by atoms with van der Waals surface area (Å²) in [5.41, 5.74) is 6.35. The minimum Gasteiger partial charge on any atom is -0.469 e. The van der Waals surface area contributed by atoms with Crippen LogP contribution in [0.3, 0.4) is 0 Å². The van der Waals surface area contributed by atoms with E-state index in [4.69, 9.17) is 10.5 Å². The molecule has 2 N–H and O–H groups in total. The number of thiophene rings is 1. The molecule has 0 saturated carbocycles. The summed E-state index contributed by atoms with van der Waals surface area (Å²) in [6, 6.07) is 7.26. The molecule has 1 heterocycles. The second-order valence-corrected chi connectivity index (χ2v) is 5.31. The van der Waals surface area contributed by atoms with Crippen molar-refractivity contribution in [3.63, 3.8) is 0 Å². The fourth-order valence-electron chi connectivity index (χ4n) is 1.72. The number of carbonyl (C=O) groups is 2. The first-order valence-electron chi connectivity index (χ1n) is 6.13. The SMILES string of the molecule is COC(=O)CCCOC(=O)c1cc2cc(N)ccc2s1. The standard InChI is InChI=1S/C14H15NO4S/c1-18-13(16)3-2-6-19-14(17)12-8-9-7-10(15)4-5-11(9)20-12/h4-5,7-8H,2-3,6,15H2,1H3. The van der Waals surface area contributed by atoms with E-state index in [9.17, 15) is 9.59 Å². The number of hydrogen-bond acceptors (Lipinski definition) is 6. The van der Waals surface area contributed by atoms with E-state index in [-0.39, 0.29) is 25.0 Å². The number of nitrogen functional groups attached to an aromatic ring is 1. The van der Waals surface area contributed by atoms with Crippen LogP contribution in [0, 0.1) is 0 Å². The number of hydrogen-bond donors (Lipinski definition) is 1. The van der Waals surface area contributed by atoms with Gasteiger partial charge in [0.1, 0.15) is 4.88 Å². The van der Waals surface area contributed by atoms with Crippen molar-refractivity contribution in [1.29, 1.82) is 0 Å². The number of nitrogens with two attached hydrogens (primary N) is 1. The Balaban J connectivity index is 1.92. The minimum atomic E-state index is -0.380. The summed E-state index contributed by atoms with van der Waals surface area (Å²) in [7, 11) is 1.33. The molecule has 0 aliphatic rings. The molecule has 2 aromatic rings. The van der Waals surface area contributed by atoms with Crippen LogP contribution in [0.4, 0.5) is 5.69 Å². The Morgan fingerprint density at radius 2 is 2.10 bits per heavy atom. The fourth-order valence-corrected chi connectivity index (χ4v) is 2.65. The highest BCUT2D eigenvalue weighted by Gasteiger charge is 2.12. The predicted molar refractivity (Wildman–Crippen MR) is 77.8 cm³/mol. The highest BCUT2D eigenvalue weighted by molar-refractivity contribution is 7.20. The Morgan fingerprint density at radius 1 is 1.30 bits per heavy atom. The van der Waals surface area contributed by atoms with Crippen molar-refractivity contribution in [2.75, 3.05) is 19.5 Å². The van der Waals surface area contributed by atoms with Crippen molar-refractivity contribution in [3.8, 4) is 0 Å². The van der Waals surface area contributed by atoms with Crippen molar-refractivity contribution in [1.82, 2.24) is 0 Å². The molecule has 6 heteroatoms. The van der Waals surface area contributed by atoms with Gasteiger partial charge in [0.25, 0.3) is 0 Å². The number of fused-ring (bicyclic) bond motifs is 1. The summed E-state index contributed by atoms with van der Waals surface area (Å²) >= 11 is 1.36. The average Bonchev–Trinajstić information content (AvgIpc) is 2.86. The van der Waals surface area contributed by atoms with Gasteiger partial charge in [-0.2, -0.15) is 0 Å². The smallest absolute Gasteiger partial charge is 0.348 e. The van der Waals surface area contributed by atoms with Crippen molar-refractivity contribution in [2.45, 2.75) is 12.8 Å². The molecule has 106 valence electrons. The van der Waals surface area contributed by atoms with Crippen LogP contribution in [0.2, 0.25) is 0 Å². The Labute approximate surface area is 120 Å². The number of methoxy groups -OCH3 is 1. The lowest BCUT2D eigenvalue weighted by Crippen LogP contribution is -2.07. The maximum atomic E-state index is 11.9. The lowest BCUT2D eigenvalue weighted by molar-refractivity contribution is -0.140. The van der Waals surface area contributed by atoms with E-state index in [1.807, 2.05) is 12.1 Å².